The van der Waals surface area contributed by atoms with Gasteiger partial charge in [0.15, 0.2) is 0 Å². The van der Waals surface area contributed by atoms with Crippen molar-refractivity contribution >= 4 is 33.2 Å². The lowest BCUT2D eigenvalue weighted by Gasteiger charge is -2.24. The average Bonchev–Trinajstić information content (AvgIpc) is 2.79. The van der Waals surface area contributed by atoms with Crippen LogP contribution in [0.1, 0.15) is 12.5 Å². The molecule has 1 amide bonds. The fourth-order valence-electron chi connectivity index (χ4n) is 3.10. The number of ether oxygens (including phenoxy) is 1. The van der Waals surface area contributed by atoms with Gasteiger partial charge in [0, 0.05) is 11.6 Å². The van der Waals surface area contributed by atoms with E-state index in [-0.39, 0.29) is 11.4 Å². The Hall–Kier alpha value is -3.03. The number of hydrogen-bond acceptors (Lipinski definition) is 4. The van der Waals surface area contributed by atoms with Crippen molar-refractivity contribution in [2.24, 2.45) is 0 Å². The monoisotopic (exact) mass is 472 g/mol. The van der Waals surface area contributed by atoms with Crippen LogP contribution < -0.4 is 14.4 Å². The summed E-state index contributed by atoms with van der Waals surface area (Å²) < 4.78 is 33.2. The Morgan fingerprint density at radius 1 is 0.969 bits per heavy atom. The number of hydrogen-bond donors (Lipinski definition) is 1. The van der Waals surface area contributed by atoms with Crippen LogP contribution in [0.3, 0.4) is 0 Å². The molecule has 3 rings (SSSR count). The van der Waals surface area contributed by atoms with Gasteiger partial charge >= 0.3 is 0 Å². The second kappa shape index (κ2) is 11.0. The molecule has 0 heterocycles. The lowest BCUT2D eigenvalue weighted by molar-refractivity contribution is -0.119. The fraction of sp³-hybridized carbons (Fsp3) is 0.208. The first-order valence-electron chi connectivity index (χ1n) is 10.2. The van der Waals surface area contributed by atoms with E-state index in [4.69, 9.17) is 16.3 Å². The number of amides is 1. The minimum atomic E-state index is -4.00. The smallest absolute Gasteiger partial charge is 0.264 e. The molecule has 0 aliphatic carbocycles. The predicted octanol–water partition coefficient (Wildman–Crippen LogP) is 4.29. The Balaban J connectivity index is 1.79. The lowest BCUT2D eigenvalue weighted by atomic mass is 10.1. The van der Waals surface area contributed by atoms with Gasteiger partial charge in [-0.25, -0.2) is 8.42 Å². The molecule has 0 aromatic heterocycles. The molecule has 0 radical (unpaired) electrons. The molecule has 32 heavy (non-hydrogen) atoms. The van der Waals surface area contributed by atoms with Crippen LogP contribution in [-0.4, -0.2) is 34.0 Å². The van der Waals surface area contributed by atoms with Crippen molar-refractivity contribution in [2.75, 3.05) is 24.0 Å². The molecular formula is C24H25ClN2O4S. The molecule has 1 N–H and O–H groups in total. The van der Waals surface area contributed by atoms with Gasteiger partial charge in [-0.05, 0) is 67.4 Å². The van der Waals surface area contributed by atoms with Crippen molar-refractivity contribution in [1.29, 1.82) is 0 Å². The Morgan fingerprint density at radius 3 is 2.25 bits per heavy atom. The van der Waals surface area contributed by atoms with Crippen LogP contribution in [0.2, 0.25) is 5.02 Å². The summed E-state index contributed by atoms with van der Waals surface area (Å²) in [5.74, 6) is 0.222. The summed E-state index contributed by atoms with van der Waals surface area (Å²) in [6.07, 6.45) is 0.652. The molecular weight excluding hydrogens is 448 g/mol. The molecule has 6 nitrogen and oxygen atoms in total. The van der Waals surface area contributed by atoms with E-state index in [1.165, 1.54) is 24.3 Å². The highest BCUT2D eigenvalue weighted by molar-refractivity contribution is 7.92. The fourth-order valence-corrected chi connectivity index (χ4v) is 4.65. The number of halogens is 1. The molecule has 168 valence electrons. The summed E-state index contributed by atoms with van der Waals surface area (Å²) in [6.45, 7) is 2.41. The first-order chi connectivity index (χ1) is 15.4. The molecule has 0 bridgehead atoms. The van der Waals surface area contributed by atoms with Crippen LogP contribution in [0.5, 0.6) is 5.75 Å². The minimum Gasteiger partial charge on any atom is -0.494 e. The first-order valence-corrected chi connectivity index (χ1v) is 12.0. The maximum atomic E-state index is 13.4. The zero-order valence-corrected chi connectivity index (χ0v) is 19.3. The Morgan fingerprint density at radius 2 is 1.62 bits per heavy atom. The van der Waals surface area contributed by atoms with E-state index >= 15 is 0 Å². The van der Waals surface area contributed by atoms with Crippen LogP contribution in [-0.2, 0) is 21.2 Å². The molecule has 3 aromatic carbocycles. The quantitative estimate of drug-likeness (QED) is 0.477. The molecule has 0 saturated carbocycles. The van der Waals surface area contributed by atoms with Crippen molar-refractivity contribution < 1.29 is 17.9 Å². The molecule has 0 unspecified atom stereocenters. The van der Waals surface area contributed by atoms with Crippen molar-refractivity contribution in [3.63, 3.8) is 0 Å². The Kier molecular flexibility index (Phi) is 8.14. The minimum absolute atomic E-state index is 0.0490. The largest absolute Gasteiger partial charge is 0.494 e. The molecule has 8 heteroatoms. The van der Waals surface area contributed by atoms with E-state index in [9.17, 15) is 13.2 Å². The third kappa shape index (κ3) is 6.24. The summed E-state index contributed by atoms with van der Waals surface area (Å²) in [6, 6.07) is 22.2. The molecule has 0 aliphatic rings. The number of anilines is 1. The van der Waals surface area contributed by atoms with Crippen LogP contribution in [0.15, 0.2) is 83.8 Å². The first kappa shape index (κ1) is 23.6. The number of sulfonamides is 1. The standard InChI is InChI=1S/C24H25ClN2O4S/c1-2-31-22-12-10-21(11-13-22)27(32(29,30)23-14-8-20(25)9-15-23)18-24(28)26-17-16-19-6-4-3-5-7-19/h3-15H,2,16-18H2,1H3,(H,26,28). The number of carbonyl (C=O) groups is 1. The van der Waals surface area contributed by atoms with Crippen molar-refractivity contribution in [3.05, 3.63) is 89.4 Å². The highest BCUT2D eigenvalue weighted by Gasteiger charge is 2.27. The molecule has 0 fully saturated rings. The normalized spacial score (nSPS) is 11.1. The highest BCUT2D eigenvalue weighted by atomic mass is 35.5. The summed E-state index contributed by atoms with van der Waals surface area (Å²) in [5, 5.41) is 3.23. The van der Waals surface area contributed by atoms with Gasteiger partial charge in [-0.3, -0.25) is 9.10 Å². The zero-order valence-electron chi connectivity index (χ0n) is 17.7. The predicted molar refractivity (Wildman–Crippen MR) is 127 cm³/mol. The summed E-state index contributed by atoms with van der Waals surface area (Å²) >= 11 is 5.91. The second-order valence-electron chi connectivity index (χ2n) is 6.98. The van der Waals surface area contributed by atoms with E-state index in [2.05, 4.69) is 5.32 Å². The molecule has 3 aromatic rings. The van der Waals surface area contributed by atoms with Crippen LogP contribution in [0.4, 0.5) is 5.69 Å². The van der Waals surface area contributed by atoms with Gasteiger partial charge in [-0.15, -0.1) is 0 Å². The number of nitrogens with one attached hydrogen (secondary N) is 1. The van der Waals surface area contributed by atoms with E-state index in [0.717, 1.165) is 9.87 Å². The van der Waals surface area contributed by atoms with Gasteiger partial charge in [0.05, 0.1) is 17.2 Å². The second-order valence-corrected chi connectivity index (χ2v) is 9.28. The van der Waals surface area contributed by atoms with E-state index < -0.39 is 15.9 Å². The molecule has 0 atom stereocenters. The Labute approximate surface area is 193 Å². The van der Waals surface area contributed by atoms with Crippen LogP contribution in [0.25, 0.3) is 0 Å². The summed E-state index contributed by atoms with van der Waals surface area (Å²) in [4.78, 5) is 12.7. The molecule has 0 aliphatic heterocycles. The summed E-state index contributed by atoms with van der Waals surface area (Å²) in [7, 11) is -4.00. The van der Waals surface area contributed by atoms with Gasteiger partial charge in [-0.1, -0.05) is 41.9 Å². The Bertz CT molecular complexity index is 1120. The van der Waals surface area contributed by atoms with Gasteiger partial charge < -0.3 is 10.1 Å². The third-order valence-corrected chi connectivity index (χ3v) is 6.74. The molecule has 0 saturated heterocycles. The maximum absolute atomic E-state index is 13.4. The van der Waals surface area contributed by atoms with Crippen molar-refractivity contribution in [3.8, 4) is 5.75 Å². The van der Waals surface area contributed by atoms with Gasteiger partial charge in [0.25, 0.3) is 10.0 Å². The zero-order chi connectivity index (χ0) is 23.0. The highest BCUT2D eigenvalue weighted by Crippen LogP contribution is 2.26. The number of nitrogens with zero attached hydrogens (tertiary/aromatic N) is 1. The number of carbonyl (C=O) groups excluding carboxylic acids is 1. The lowest BCUT2D eigenvalue weighted by Crippen LogP contribution is -2.41. The van der Waals surface area contributed by atoms with Crippen molar-refractivity contribution in [1.82, 2.24) is 5.32 Å². The van der Waals surface area contributed by atoms with Crippen LogP contribution >= 0.6 is 11.6 Å². The number of benzene rings is 3. The maximum Gasteiger partial charge on any atom is 0.264 e. The number of rotatable bonds is 10. The van der Waals surface area contributed by atoms with E-state index in [1.807, 2.05) is 37.3 Å². The van der Waals surface area contributed by atoms with E-state index in [0.29, 0.717) is 36.0 Å². The SMILES string of the molecule is CCOc1ccc(N(CC(=O)NCCc2ccccc2)S(=O)(=O)c2ccc(Cl)cc2)cc1. The topological polar surface area (TPSA) is 75.7 Å². The van der Waals surface area contributed by atoms with Gasteiger partial charge in [-0.2, -0.15) is 0 Å². The third-order valence-electron chi connectivity index (χ3n) is 4.70. The average molecular weight is 473 g/mol. The van der Waals surface area contributed by atoms with Crippen molar-refractivity contribution in [2.45, 2.75) is 18.2 Å². The van der Waals surface area contributed by atoms with Crippen LogP contribution in [0, 0.1) is 0 Å². The molecule has 0 spiro atoms. The summed E-state index contributed by atoms with van der Waals surface area (Å²) in [5.41, 5.74) is 1.45. The van der Waals surface area contributed by atoms with Gasteiger partial charge in [0.1, 0.15) is 12.3 Å². The van der Waals surface area contributed by atoms with E-state index in [1.54, 1.807) is 24.3 Å². The van der Waals surface area contributed by atoms with Gasteiger partial charge in [0.2, 0.25) is 5.91 Å².